The van der Waals surface area contributed by atoms with Crippen molar-refractivity contribution in [3.05, 3.63) is 53.6 Å². The highest BCUT2D eigenvalue weighted by Crippen LogP contribution is 2.45. The second-order valence-electron chi connectivity index (χ2n) is 6.45. The Morgan fingerprint density at radius 3 is 2.58 bits per heavy atom. The molecule has 0 amide bonds. The second kappa shape index (κ2) is 5.81. The van der Waals surface area contributed by atoms with Crippen LogP contribution in [0.3, 0.4) is 0 Å². The van der Waals surface area contributed by atoms with E-state index in [4.69, 9.17) is 0 Å². The van der Waals surface area contributed by atoms with Gasteiger partial charge in [-0.3, -0.25) is 0 Å². The molecule has 1 fully saturated rings. The smallest absolute Gasteiger partial charge is 0.366 e. The molecule has 1 atom stereocenters. The molecule has 4 rings (SSSR count). The van der Waals surface area contributed by atoms with Gasteiger partial charge in [-0.25, -0.2) is 0 Å². The Kier molecular flexibility index (Phi) is 3.76. The van der Waals surface area contributed by atoms with Gasteiger partial charge in [0, 0.05) is 30.4 Å². The summed E-state index contributed by atoms with van der Waals surface area (Å²) >= 11 is 0. The lowest BCUT2D eigenvalue weighted by atomic mass is 9.95. The number of para-hydroxylation sites is 1. The van der Waals surface area contributed by atoms with Crippen LogP contribution < -0.4 is 10.2 Å². The first kappa shape index (κ1) is 15.5. The summed E-state index contributed by atoms with van der Waals surface area (Å²) in [6.07, 6.45) is -2.41. The van der Waals surface area contributed by atoms with Gasteiger partial charge in [0.15, 0.2) is 0 Å². The van der Waals surface area contributed by atoms with Crippen molar-refractivity contribution in [3.63, 3.8) is 0 Å². The summed E-state index contributed by atoms with van der Waals surface area (Å²) < 4.78 is 40.4. The molecule has 0 aromatic heterocycles. The fraction of sp³-hybridized carbons (Fsp3) is 0.368. The average Bonchev–Trinajstić information content (AvgIpc) is 2.76. The van der Waals surface area contributed by atoms with Crippen molar-refractivity contribution < 1.29 is 13.2 Å². The van der Waals surface area contributed by atoms with Gasteiger partial charge >= 0.3 is 6.18 Å². The lowest BCUT2D eigenvalue weighted by molar-refractivity contribution is -0.137. The van der Waals surface area contributed by atoms with Crippen LogP contribution in [0, 0.1) is 0 Å². The zero-order valence-corrected chi connectivity index (χ0v) is 13.2. The summed E-state index contributed by atoms with van der Waals surface area (Å²) in [5, 5.41) is 3.38. The molecule has 2 nitrogen and oxygen atoms in total. The number of nitrogens with one attached hydrogen (secondary N) is 1. The molecule has 1 N–H and O–H groups in total. The van der Waals surface area contributed by atoms with E-state index in [1.54, 1.807) is 12.1 Å². The molecule has 5 heteroatoms. The molecular formula is C19H19F3N2. The van der Waals surface area contributed by atoms with E-state index in [2.05, 4.69) is 16.3 Å². The van der Waals surface area contributed by atoms with Gasteiger partial charge in [0.2, 0.25) is 0 Å². The summed E-state index contributed by atoms with van der Waals surface area (Å²) in [4.78, 5) is 2.30. The number of benzene rings is 2. The first-order valence-corrected chi connectivity index (χ1v) is 8.31. The molecule has 2 aliphatic rings. The fourth-order valence-corrected chi connectivity index (χ4v) is 3.97. The van der Waals surface area contributed by atoms with Crippen molar-refractivity contribution >= 4 is 5.69 Å². The van der Waals surface area contributed by atoms with Crippen LogP contribution >= 0.6 is 0 Å². The van der Waals surface area contributed by atoms with Crippen molar-refractivity contribution in [2.24, 2.45) is 0 Å². The van der Waals surface area contributed by atoms with Crippen LogP contribution in [0.15, 0.2) is 42.5 Å². The summed E-state index contributed by atoms with van der Waals surface area (Å²) in [5.41, 5.74) is 2.57. The molecule has 1 saturated heterocycles. The fourth-order valence-electron chi connectivity index (χ4n) is 3.97. The molecule has 126 valence electrons. The lowest BCUT2D eigenvalue weighted by Crippen LogP contribution is -2.33. The predicted molar refractivity (Wildman–Crippen MR) is 89.2 cm³/mol. The minimum atomic E-state index is -4.35. The third-order valence-electron chi connectivity index (χ3n) is 5.01. The number of hydrogen-bond acceptors (Lipinski definition) is 2. The minimum Gasteiger partial charge on any atom is -0.366 e. The number of fused-ring (bicyclic) bond motifs is 3. The van der Waals surface area contributed by atoms with E-state index in [-0.39, 0.29) is 5.56 Å². The van der Waals surface area contributed by atoms with Crippen LogP contribution in [-0.4, -0.2) is 25.7 Å². The maximum absolute atomic E-state index is 13.5. The summed E-state index contributed by atoms with van der Waals surface area (Å²) in [7, 11) is 0. The van der Waals surface area contributed by atoms with E-state index in [1.807, 2.05) is 12.1 Å². The Morgan fingerprint density at radius 1 is 0.958 bits per heavy atom. The first-order chi connectivity index (χ1) is 11.6. The van der Waals surface area contributed by atoms with Gasteiger partial charge in [0.1, 0.15) is 0 Å². The SMILES string of the molecule is FC(F)(F)c1ccccc1-c1cccc2c1N1CCNCCC1C2. The topological polar surface area (TPSA) is 15.3 Å². The Balaban J connectivity index is 1.87. The summed E-state index contributed by atoms with van der Waals surface area (Å²) in [6.45, 7) is 2.66. The van der Waals surface area contributed by atoms with E-state index in [0.717, 1.165) is 43.7 Å². The Hall–Kier alpha value is -2.01. The molecule has 2 aromatic rings. The maximum Gasteiger partial charge on any atom is 0.417 e. The predicted octanol–water partition coefficient (Wildman–Crippen LogP) is 4.10. The quantitative estimate of drug-likeness (QED) is 0.846. The van der Waals surface area contributed by atoms with Gasteiger partial charge in [-0.15, -0.1) is 0 Å². The van der Waals surface area contributed by atoms with E-state index in [1.165, 1.54) is 12.1 Å². The zero-order valence-electron chi connectivity index (χ0n) is 13.2. The molecule has 0 bridgehead atoms. The molecular weight excluding hydrogens is 313 g/mol. The van der Waals surface area contributed by atoms with Gasteiger partial charge in [-0.05, 0) is 36.6 Å². The second-order valence-corrected chi connectivity index (χ2v) is 6.45. The molecule has 2 aromatic carbocycles. The summed E-state index contributed by atoms with van der Waals surface area (Å²) in [5.74, 6) is 0. The highest BCUT2D eigenvalue weighted by Gasteiger charge is 2.36. The zero-order chi connectivity index (χ0) is 16.7. The average molecular weight is 332 g/mol. The first-order valence-electron chi connectivity index (χ1n) is 8.31. The standard InChI is InChI=1S/C19H19F3N2/c20-19(21,22)17-7-2-1-5-15(17)16-6-3-4-13-12-14-8-9-23-10-11-24(14)18(13)16/h1-7,14,23H,8-12H2. The number of hydrogen-bond donors (Lipinski definition) is 1. The number of anilines is 1. The van der Waals surface area contributed by atoms with Gasteiger partial charge in [-0.2, -0.15) is 13.2 Å². The van der Waals surface area contributed by atoms with Crippen LogP contribution in [0.5, 0.6) is 0 Å². The molecule has 2 aliphatic heterocycles. The molecule has 0 saturated carbocycles. The van der Waals surface area contributed by atoms with E-state index in [0.29, 0.717) is 11.6 Å². The molecule has 0 radical (unpaired) electrons. The molecule has 24 heavy (non-hydrogen) atoms. The van der Waals surface area contributed by atoms with Crippen LogP contribution in [0.25, 0.3) is 11.1 Å². The van der Waals surface area contributed by atoms with E-state index in [9.17, 15) is 13.2 Å². The van der Waals surface area contributed by atoms with E-state index >= 15 is 0 Å². The highest BCUT2D eigenvalue weighted by atomic mass is 19.4. The van der Waals surface area contributed by atoms with Crippen molar-refractivity contribution in [1.82, 2.24) is 5.32 Å². The molecule has 0 aliphatic carbocycles. The normalized spacial score (nSPS) is 20.5. The van der Waals surface area contributed by atoms with Crippen LogP contribution in [0.4, 0.5) is 18.9 Å². The number of rotatable bonds is 1. The van der Waals surface area contributed by atoms with Crippen LogP contribution in [0.2, 0.25) is 0 Å². The highest BCUT2D eigenvalue weighted by molar-refractivity contribution is 5.85. The third-order valence-corrected chi connectivity index (χ3v) is 5.01. The monoisotopic (exact) mass is 332 g/mol. The Labute approximate surface area is 139 Å². The number of alkyl halides is 3. The van der Waals surface area contributed by atoms with Gasteiger partial charge in [0.25, 0.3) is 0 Å². The van der Waals surface area contributed by atoms with Crippen molar-refractivity contribution in [2.75, 3.05) is 24.5 Å². The van der Waals surface area contributed by atoms with Gasteiger partial charge < -0.3 is 10.2 Å². The van der Waals surface area contributed by atoms with Gasteiger partial charge in [0.05, 0.1) is 5.56 Å². The lowest BCUT2D eigenvalue weighted by Gasteiger charge is -2.27. The van der Waals surface area contributed by atoms with Crippen molar-refractivity contribution in [2.45, 2.75) is 25.1 Å². The Bertz CT molecular complexity index is 755. The molecule has 0 spiro atoms. The van der Waals surface area contributed by atoms with Crippen LogP contribution in [-0.2, 0) is 12.6 Å². The molecule has 1 unspecified atom stereocenters. The Morgan fingerprint density at radius 2 is 1.75 bits per heavy atom. The van der Waals surface area contributed by atoms with Crippen LogP contribution in [0.1, 0.15) is 17.5 Å². The maximum atomic E-state index is 13.5. The summed E-state index contributed by atoms with van der Waals surface area (Å²) in [6, 6.07) is 12.0. The number of halogens is 3. The largest absolute Gasteiger partial charge is 0.417 e. The third kappa shape index (κ3) is 2.57. The van der Waals surface area contributed by atoms with Crippen molar-refractivity contribution in [3.8, 4) is 11.1 Å². The van der Waals surface area contributed by atoms with Crippen molar-refractivity contribution in [1.29, 1.82) is 0 Å². The number of nitrogens with zero attached hydrogens (tertiary/aromatic N) is 1. The van der Waals surface area contributed by atoms with Gasteiger partial charge in [-0.1, -0.05) is 36.4 Å². The molecule has 2 heterocycles. The minimum absolute atomic E-state index is 0.278. The van der Waals surface area contributed by atoms with E-state index < -0.39 is 11.7 Å².